The summed E-state index contributed by atoms with van der Waals surface area (Å²) in [5.74, 6) is 0.172. The molecule has 7 heteroatoms. The maximum absolute atomic E-state index is 12.6. The van der Waals surface area contributed by atoms with Gasteiger partial charge in [-0.25, -0.2) is 4.79 Å². The van der Waals surface area contributed by atoms with Crippen molar-refractivity contribution in [2.75, 3.05) is 31.7 Å². The maximum atomic E-state index is 12.6. The van der Waals surface area contributed by atoms with Crippen molar-refractivity contribution in [3.8, 4) is 5.75 Å². The predicted octanol–water partition coefficient (Wildman–Crippen LogP) is 2.60. The summed E-state index contributed by atoms with van der Waals surface area (Å²) in [7, 11) is 0. The molecule has 1 aromatic rings. The van der Waals surface area contributed by atoms with Crippen LogP contribution in [0.5, 0.6) is 5.75 Å². The summed E-state index contributed by atoms with van der Waals surface area (Å²) in [5.41, 5.74) is -0.115. The van der Waals surface area contributed by atoms with Gasteiger partial charge in [0.25, 0.3) is 0 Å². The van der Waals surface area contributed by atoms with E-state index in [9.17, 15) is 9.59 Å². The van der Waals surface area contributed by atoms with Crippen LogP contribution in [0, 0.1) is 11.3 Å². The van der Waals surface area contributed by atoms with Crippen LogP contribution in [0.15, 0.2) is 24.3 Å². The van der Waals surface area contributed by atoms with E-state index in [0.29, 0.717) is 31.3 Å². The van der Waals surface area contributed by atoms with E-state index in [1.54, 1.807) is 31.2 Å². The fourth-order valence-corrected chi connectivity index (χ4v) is 2.40. The molecule has 1 heterocycles. The minimum absolute atomic E-state index is 0.149. The lowest BCUT2D eigenvalue weighted by atomic mass is 9.90. The van der Waals surface area contributed by atoms with E-state index in [-0.39, 0.29) is 24.7 Å². The number of carbonyl (C=O) groups is 2. The molecule has 1 aliphatic rings. The molecule has 0 bridgehead atoms. The highest BCUT2D eigenvalue weighted by molar-refractivity contribution is 5.95. The third-order valence-electron chi connectivity index (χ3n) is 4.00. The minimum atomic E-state index is -0.746. The van der Waals surface area contributed by atoms with Gasteiger partial charge in [0, 0.05) is 11.6 Å². The fourth-order valence-electron chi connectivity index (χ4n) is 2.40. The zero-order valence-electron chi connectivity index (χ0n) is 15.7. The molecule has 26 heavy (non-hydrogen) atoms. The van der Waals surface area contributed by atoms with Gasteiger partial charge in [0.2, 0.25) is 5.91 Å². The molecule has 0 unspecified atom stereocenters. The highest BCUT2D eigenvalue weighted by atomic mass is 16.7. The van der Waals surface area contributed by atoms with Crippen molar-refractivity contribution in [2.45, 2.75) is 34.0 Å². The van der Waals surface area contributed by atoms with Crippen molar-refractivity contribution in [3.63, 3.8) is 0 Å². The molecular weight excluding hydrogens is 338 g/mol. The zero-order chi connectivity index (χ0) is 19.2. The summed E-state index contributed by atoms with van der Waals surface area (Å²) in [5, 5.41) is 2.86. The second kappa shape index (κ2) is 9.00. The Kier molecular flexibility index (Phi) is 6.99. The fraction of sp³-hybridized carbons (Fsp3) is 0.579. The Bertz CT molecular complexity index is 605. The summed E-state index contributed by atoms with van der Waals surface area (Å²) in [6.07, 6.45) is -0.272. The molecule has 0 aliphatic carbocycles. The van der Waals surface area contributed by atoms with E-state index >= 15 is 0 Å². The van der Waals surface area contributed by atoms with Gasteiger partial charge >= 0.3 is 5.97 Å². The van der Waals surface area contributed by atoms with Crippen molar-refractivity contribution in [3.05, 3.63) is 24.3 Å². The summed E-state index contributed by atoms with van der Waals surface area (Å²) in [6.45, 7) is 8.36. The summed E-state index contributed by atoms with van der Waals surface area (Å²) in [6, 6.07) is 6.78. The smallest absolute Gasteiger partial charge is 0.344 e. The standard InChI is InChI=1S/C19H27NO6/c1-5-23-16(21)10-24-15-8-6-14(7-9-15)20-18(22)19(4)11-25-17(13(2)3)26-12-19/h6-9,13,17H,5,10-12H2,1-4H3,(H,20,22). The van der Waals surface area contributed by atoms with E-state index in [4.69, 9.17) is 18.9 Å². The topological polar surface area (TPSA) is 83.1 Å². The Balaban J connectivity index is 1.86. The van der Waals surface area contributed by atoms with Crippen molar-refractivity contribution in [1.82, 2.24) is 0 Å². The SMILES string of the molecule is CCOC(=O)COc1ccc(NC(=O)C2(C)COC(C(C)C)OC2)cc1. The Morgan fingerprint density at radius 3 is 2.38 bits per heavy atom. The monoisotopic (exact) mass is 365 g/mol. The Labute approximate surface area is 153 Å². The molecule has 1 N–H and O–H groups in total. The number of ether oxygens (including phenoxy) is 4. The van der Waals surface area contributed by atoms with E-state index in [1.165, 1.54) is 0 Å². The Hall–Kier alpha value is -2.12. The molecular formula is C19H27NO6. The largest absolute Gasteiger partial charge is 0.482 e. The highest BCUT2D eigenvalue weighted by Gasteiger charge is 2.40. The number of hydrogen-bond acceptors (Lipinski definition) is 6. The molecule has 1 amide bonds. The lowest BCUT2D eigenvalue weighted by Gasteiger charge is -2.37. The van der Waals surface area contributed by atoms with E-state index in [2.05, 4.69) is 5.32 Å². The molecule has 0 aromatic heterocycles. The number of esters is 1. The minimum Gasteiger partial charge on any atom is -0.482 e. The molecule has 1 fully saturated rings. The van der Waals surface area contributed by atoms with Crippen LogP contribution in [-0.2, 0) is 23.8 Å². The van der Waals surface area contributed by atoms with E-state index in [0.717, 1.165) is 0 Å². The number of carbonyl (C=O) groups excluding carboxylic acids is 2. The third-order valence-corrected chi connectivity index (χ3v) is 4.00. The van der Waals surface area contributed by atoms with Crippen molar-refractivity contribution < 1.29 is 28.5 Å². The van der Waals surface area contributed by atoms with Crippen LogP contribution in [0.4, 0.5) is 5.69 Å². The van der Waals surface area contributed by atoms with Crippen LogP contribution in [-0.4, -0.2) is 44.6 Å². The second-order valence-corrected chi connectivity index (χ2v) is 6.87. The van der Waals surface area contributed by atoms with Gasteiger partial charge in [0.05, 0.1) is 25.2 Å². The number of rotatable bonds is 7. The Morgan fingerprint density at radius 1 is 1.23 bits per heavy atom. The number of nitrogens with one attached hydrogen (secondary N) is 1. The molecule has 7 nitrogen and oxygen atoms in total. The lowest BCUT2D eigenvalue weighted by molar-refractivity contribution is -0.237. The van der Waals surface area contributed by atoms with Crippen LogP contribution >= 0.6 is 0 Å². The first-order chi connectivity index (χ1) is 12.3. The quantitative estimate of drug-likeness (QED) is 0.748. The average Bonchev–Trinajstić information content (AvgIpc) is 2.61. The summed E-state index contributed by atoms with van der Waals surface area (Å²) < 4.78 is 21.4. The molecule has 1 aromatic carbocycles. The third kappa shape index (κ3) is 5.44. The van der Waals surface area contributed by atoms with Gasteiger partial charge in [0.1, 0.15) is 5.75 Å². The van der Waals surface area contributed by atoms with Gasteiger partial charge in [-0.2, -0.15) is 0 Å². The summed E-state index contributed by atoms with van der Waals surface area (Å²) >= 11 is 0. The molecule has 1 saturated heterocycles. The van der Waals surface area contributed by atoms with Gasteiger partial charge in [-0.3, -0.25) is 4.79 Å². The number of amides is 1. The van der Waals surface area contributed by atoms with E-state index < -0.39 is 11.4 Å². The van der Waals surface area contributed by atoms with Crippen LogP contribution in [0.1, 0.15) is 27.7 Å². The van der Waals surface area contributed by atoms with E-state index in [1.807, 2.05) is 20.8 Å². The van der Waals surface area contributed by atoms with Crippen LogP contribution in [0.2, 0.25) is 0 Å². The van der Waals surface area contributed by atoms with Gasteiger partial charge in [-0.05, 0) is 38.1 Å². The molecule has 1 aliphatic heterocycles. The maximum Gasteiger partial charge on any atom is 0.344 e. The van der Waals surface area contributed by atoms with Crippen molar-refractivity contribution in [2.24, 2.45) is 11.3 Å². The van der Waals surface area contributed by atoms with Crippen LogP contribution < -0.4 is 10.1 Å². The number of hydrogen-bond donors (Lipinski definition) is 1. The predicted molar refractivity (Wildman–Crippen MR) is 95.8 cm³/mol. The molecule has 144 valence electrons. The lowest BCUT2D eigenvalue weighted by Crippen LogP contribution is -2.48. The van der Waals surface area contributed by atoms with Crippen molar-refractivity contribution >= 4 is 17.6 Å². The highest BCUT2D eigenvalue weighted by Crippen LogP contribution is 2.28. The Morgan fingerprint density at radius 2 is 1.85 bits per heavy atom. The average molecular weight is 365 g/mol. The zero-order valence-corrected chi connectivity index (χ0v) is 15.7. The normalized spacial score (nSPS) is 22.7. The molecule has 0 spiro atoms. The molecule has 2 rings (SSSR count). The first kappa shape index (κ1) is 20.2. The molecule has 0 saturated carbocycles. The van der Waals surface area contributed by atoms with Gasteiger partial charge in [0.15, 0.2) is 12.9 Å². The van der Waals surface area contributed by atoms with Crippen LogP contribution in [0.25, 0.3) is 0 Å². The number of benzene rings is 1. The van der Waals surface area contributed by atoms with Crippen molar-refractivity contribution in [1.29, 1.82) is 0 Å². The number of anilines is 1. The van der Waals surface area contributed by atoms with Crippen LogP contribution in [0.3, 0.4) is 0 Å². The van der Waals surface area contributed by atoms with Gasteiger partial charge in [-0.1, -0.05) is 13.8 Å². The first-order valence-corrected chi connectivity index (χ1v) is 8.77. The molecule has 0 radical (unpaired) electrons. The first-order valence-electron chi connectivity index (χ1n) is 8.77. The second-order valence-electron chi connectivity index (χ2n) is 6.87. The summed E-state index contributed by atoms with van der Waals surface area (Å²) in [4.78, 5) is 23.9. The molecule has 0 atom stereocenters. The van der Waals surface area contributed by atoms with Gasteiger partial charge < -0.3 is 24.3 Å². The van der Waals surface area contributed by atoms with Gasteiger partial charge in [-0.15, -0.1) is 0 Å².